The molecule has 0 spiro atoms. The Labute approximate surface area is 292 Å². The summed E-state index contributed by atoms with van der Waals surface area (Å²) in [6, 6.07) is 73.9. The first-order valence-electron chi connectivity index (χ1n) is 17.1. The normalized spacial score (nSPS) is 11.2. The summed E-state index contributed by atoms with van der Waals surface area (Å²) in [5, 5.41) is 2.50. The maximum Gasteiger partial charge on any atom is 0.0619 e. The molecule has 1 heterocycles. The summed E-state index contributed by atoms with van der Waals surface area (Å²) in [5.74, 6) is 0. The van der Waals surface area contributed by atoms with Gasteiger partial charge in [-0.25, -0.2) is 0 Å². The van der Waals surface area contributed by atoms with E-state index in [-0.39, 0.29) is 0 Å². The van der Waals surface area contributed by atoms with E-state index in [9.17, 15) is 0 Å². The molecule has 0 bridgehead atoms. The second kappa shape index (κ2) is 12.8. The average molecular weight is 639 g/mol. The Morgan fingerprint density at radius 1 is 0.320 bits per heavy atom. The van der Waals surface area contributed by atoms with Gasteiger partial charge in [-0.05, 0) is 94.5 Å². The van der Waals surface area contributed by atoms with Crippen molar-refractivity contribution in [1.82, 2.24) is 4.57 Å². The quantitative estimate of drug-likeness (QED) is 0.169. The van der Waals surface area contributed by atoms with Gasteiger partial charge < -0.3 is 9.47 Å². The van der Waals surface area contributed by atoms with Gasteiger partial charge in [-0.15, -0.1) is 0 Å². The van der Waals surface area contributed by atoms with E-state index in [2.05, 4.69) is 216 Å². The summed E-state index contributed by atoms with van der Waals surface area (Å²) in [6.45, 7) is 0. The minimum absolute atomic E-state index is 1.12. The minimum atomic E-state index is 1.12. The third-order valence-electron chi connectivity index (χ3n) is 9.57. The summed E-state index contributed by atoms with van der Waals surface area (Å²) in [4.78, 5) is 2.29. The van der Waals surface area contributed by atoms with Gasteiger partial charge in [0, 0.05) is 39.1 Å². The van der Waals surface area contributed by atoms with Gasteiger partial charge in [-0.3, -0.25) is 0 Å². The van der Waals surface area contributed by atoms with Gasteiger partial charge >= 0.3 is 0 Å². The Kier molecular flexibility index (Phi) is 7.53. The SMILES string of the molecule is c1ccc(-c2cc(-c3ccccc3)c3c(c2)c2ccccc2n3-c2ccc(-c3ccc(N(c4ccccc4)c4ccccc4)cc3)cc2)cc1. The zero-order chi connectivity index (χ0) is 33.3. The number of anilines is 3. The highest BCUT2D eigenvalue weighted by Gasteiger charge is 2.19. The molecular weight excluding hydrogens is 605 g/mol. The van der Waals surface area contributed by atoms with Crippen molar-refractivity contribution >= 4 is 38.9 Å². The second-order valence-electron chi connectivity index (χ2n) is 12.6. The Morgan fingerprint density at radius 3 is 1.38 bits per heavy atom. The number of rotatable bonds is 7. The summed E-state index contributed by atoms with van der Waals surface area (Å²) >= 11 is 0. The van der Waals surface area contributed by atoms with Crippen LogP contribution in [0, 0.1) is 0 Å². The fourth-order valence-corrected chi connectivity index (χ4v) is 7.21. The largest absolute Gasteiger partial charge is 0.311 e. The van der Waals surface area contributed by atoms with E-state index in [0.717, 1.165) is 22.7 Å². The van der Waals surface area contributed by atoms with Crippen molar-refractivity contribution < 1.29 is 0 Å². The van der Waals surface area contributed by atoms with Gasteiger partial charge in [0.15, 0.2) is 0 Å². The molecule has 0 aliphatic heterocycles. The monoisotopic (exact) mass is 638 g/mol. The first-order chi connectivity index (χ1) is 24.8. The van der Waals surface area contributed by atoms with Crippen molar-refractivity contribution in [2.45, 2.75) is 0 Å². The molecule has 8 aromatic carbocycles. The summed E-state index contributed by atoms with van der Waals surface area (Å²) < 4.78 is 2.44. The highest BCUT2D eigenvalue weighted by Crippen LogP contribution is 2.42. The minimum Gasteiger partial charge on any atom is -0.311 e. The number of nitrogens with zero attached hydrogens (tertiary/aromatic N) is 2. The number of aromatic nitrogens is 1. The number of hydrogen-bond donors (Lipinski definition) is 0. The number of benzene rings is 8. The molecule has 0 N–H and O–H groups in total. The second-order valence-corrected chi connectivity index (χ2v) is 12.6. The van der Waals surface area contributed by atoms with Crippen molar-refractivity contribution in [2.75, 3.05) is 4.90 Å². The third-order valence-corrected chi connectivity index (χ3v) is 9.57. The molecule has 2 heteroatoms. The molecule has 9 aromatic rings. The number of para-hydroxylation sites is 3. The van der Waals surface area contributed by atoms with Crippen LogP contribution >= 0.6 is 0 Å². The Morgan fingerprint density at radius 2 is 0.780 bits per heavy atom. The lowest BCUT2D eigenvalue weighted by atomic mass is 9.95. The van der Waals surface area contributed by atoms with E-state index in [4.69, 9.17) is 0 Å². The molecule has 9 rings (SSSR count). The van der Waals surface area contributed by atoms with Gasteiger partial charge in [0.05, 0.1) is 11.0 Å². The van der Waals surface area contributed by atoms with Crippen molar-refractivity contribution in [3.05, 3.63) is 206 Å². The van der Waals surface area contributed by atoms with Crippen molar-refractivity contribution in [3.63, 3.8) is 0 Å². The molecule has 2 nitrogen and oxygen atoms in total. The lowest BCUT2D eigenvalue weighted by Gasteiger charge is -2.25. The smallest absolute Gasteiger partial charge is 0.0619 e. The molecule has 0 aliphatic rings. The zero-order valence-corrected chi connectivity index (χ0v) is 27.5. The lowest BCUT2D eigenvalue weighted by molar-refractivity contribution is 1.18. The lowest BCUT2D eigenvalue weighted by Crippen LogP contribution is -2.09. The van der Waals surface area contributed by atoms with Gasteiger partial charge in [0.25, 0.3) is 0 Å². The molecule has 1 aromatic heterocycles. The van der Waals surface area contributed by atoms with Crippen molar-refractivity contribution in [1.29, 1.82) is 0 Å². The molecule has 0 amide bonds. The molecule has 0 unspecified atom stereocenters. The molecule has 0 saturated heterocycles. The molecule has 50 heavy (non-hydrogen) atoms. The van der Waals surface area contributed by atoms with Gasteiger partial charge in [0.2, 0.25) is 0 Å². The van der Waals surface area contributed by atoms with E-state index in [1.165, 1.54) is 55.2 Å². The van der Waals surface area contributed by atoms with Gasteiger partial charge in [0.1, 0.15) is 0 Å². The Hall–Kier alpha value is -6.64. The standard InChI is InChI=1S/C48H34N2/c1-5-15-35(16-6-1)39-33-45(38-17-7-2-8-18-38)48-46(34-39)44-23-13-14-24-47(44)50(48)43-31-27-37(28-32-43)36-25-29-42(30-26-36)49(40-19-9-3-10-20-40)41-21-11-4-12-22-41/h1-34H. The third kappa shape index (κ3) is 5.34. The summed E-state index contributed by atoms with van der Waals surface area (Å²) in [6.07, 6.45) is 0. The molecule has 236 valence electrons. The van der Waals surface area contributed by atoms with Crippen LogP contribution in [0.15, 0.2) is 206 Å². The van der Waals surface area contributed by atoms with Crippen molar-refractivity contribution in [2.24, 2.45) is 0 Å². The van der Waals surface area contributed by atoms with E-state index in [1.807, 2.05) is 0 Å². The van der Waals surface area contributed by atoms with Crippen LogP contribution < -0.4 is 4.90 Å². The van der Waals surface area contributed by atoms with Crippen LogP contribution in [0.5, 0.6) is 0 Å². The van der Waals surface area contributed by atoms with Crippen LogP contribution in [-0.4, -0.2) is 4.57 Å². The van der Waals surface area contributed by atoms with E-state index >= 15 is 0 Å². The highest BCUT2D eigenvalue weighted by molar-refractivity contribution is 6.15. The average Bonchev–Trinajstić information content (AvgIpc) is 3.54. The van der Waals surface area contributed by atoms with Crippen molar-refractivity contribution in [3.8, 4) is 39.1 Å². The van der Waals surface area contributed by atoms with Gasteiger partial charge in [-0.2, -0.15) is 0 Å². The predicted octanol–water partition coefficient (Wildman–Crippen LogP) is 13.3. The predicted molar refractivity (Wildman–Crippen MR) is 212 cm³/mol. The summed E-state index contributed by atoms with van der Waals surface area (Å²) in [5.41, 5.74) is 14.2. The fourth-order valence-electron chi connectivity index (χ4n) is 7.21. The molecule has 0 fully saturated rings. The summed E-state index contributed by atoms with van der Waals surface area (Å²) in [7, 11) is 0. The van der Waals surface area contributed by atoms with E-state index in [1.54, 1.807) is 0 Å². The van der Waals surface area contributed by atoms with Crippen LogP contribution in [0.25, 0.3) is 60.9 Å². The molecular formula is C48H34N2. The highest BCUT2D eigenvalue weighted by atomic mass is 15.1. The molecule has 0 radical (unpaired) electrons. The van der Waals surface area contributed by atoms with Crippen LogP contribution in [0.1, 0.15) is 0 Å². The van der Waals surface area contributed by atoms with Crippen LogP contribution in [-0.2, 0) is 0 Å². The Balaban J connectivity index is 1.14. The van der Waals surface area contributed by atoms with Crippen LogP contribution in [0.4, 0.5) is 17.1 Å². The number of hydrogen-bond acceptors (Lipinski definition) is 1. The fraction of sp³-hybridized carbons (Fsp3) is 0. The molecule has 0 atom stereocenters. The topological polar surface area (TPSA) is 8.17 Å². The van der Waals surface area contributed by atoms with E-state index in [0.29, 0.717) is 0 Å². The Bertz CT molecular complexity index is 2500. The molecule has 0 saturated carbocycles. The first kappa shape index (κ1) is 29.5. The number of fused-ring (bicyclic) bond motifs is 3. The van der Waals surface area contributed by atoms with Crippen LogP contribution in [0.2, 0.25) is 0 Å². The maximum atomic E-state index is 2.44. The molecule has 0 aliphatic carbocycles. The maximum absolute atomic E-state index is 2.44. The van der Waals surface area contributed by atoms with Crippen LogP contribution in [0.3, 0.4) is 0 Å². The van der Waals surface area contributed by atoms with E-state index < -0.39 is 0 Å². The first-order valence-corrected chi connectivity index (χ1v) is 17.1. The zero-order valence-electron chi connectivity index (χ0n) is 27.5. The van der Waals surface area contributed by atoms with Gasteiger partial charge in [-0.1, -0.05) is 140 Å².